The number of nitrogens with one attached hydrogen (secondary N) is 1. The van der Waals surface area contributed by atoms with Crippen LogP contribution in [-0.2, 0) is 17.9 Å². The van der Waals surface area contributed by atoms with Crippen molar-refractivity contribution in [3.05, 3.63) is 63.1 Å². The monoisotopic (exact) mass is 418 g/mol. The highest BCUT2D eigenvalue weighted by atomic mass is 79.9. The van der Waals surface area contributed by atoms with Crippen molar-refractivity contribution in [1.82, 2.24) is 5.32 Å². The van der Waals surface area contributed by atoms with Crippen LogP contribution in [0.25, 0.3) is 0 Å². The van der Waals surface area contributed by atoms with E-state index in [2.05, 4.69) is 21.2 Å². The van der Waals surface area contributed by atoms with Gasteiger partial charge in [0.25, 0.3) is 5.91 Å². The lowest BCUT2D eigenvalue weighted by molar-refractivity contribution is -0.119. The Labute approximate surface area is 154 Å². The SMILES string of the molecule is Cl.NC(=O)COc1ccc(CNCc2ccc(Br)cc2Cl)cc1. The zero-order valence-electron chi connectivity index (χ0n) is 12.2. The smallest absolute Gasteiger partial charge is 0.255 e. The number of nitrogens with two attached hydrogens (primary N) is 1. The van der Waals surface area contributed by atoms with E-state index in [-0.39, 0.29) is 19.0 Å². The van der Waals surface area contributed by atoms with Gasteiger partial charge in [0.05, 0.1) is 0 Å². The van der Waals surface area contributed by atoms with Gasteiger partial charge < -0.3 is 15.8 Å². The topological polar surface area (TPSA) is 64.4 Å². The Balaban J connectivity index is 0.00000264. The maximum absolute atomic E-state index is 10.6. The average Bonchev–Trinajstić information content (AvgIpc) is 2.48. The molecule has 4 nitrogen and oxygen atoms in total. The van der Waals surface area contributed by atoms with Crippen LogP contribution >= 0.6 is 39.9 Å². The van der Waals surface area contributed by atoms with Crippen LogP contribution < -0.4 is 15.8 Å². The molecule has 0 saturated heterocycles. The molecule has 0 atom stereocenters. The number of amides is 1. The van der Waals surface area contributed by atoms with E-state index in [1.54, 1.807) is 0 Å². The van der Waals surface area contributed by atoms with Crippen LogP contribution in [0.4, 0.5) is 0 Å². The first-order valence-corrected chi connectivity index (χ1v) is 7.86. The van der Waals surface area contributed by atoms with Crippen molar-refractivity contribution in [3.63, 3.8) is 0 Å². The van der Waals surface area contributed by atoms with Crippen molar-refractivity contribution in [2.45, 2.75) is 13.1 Å². The van der Waals surface area contributed by atoms with Crippen molar-refractivity contribution in [3.8, 4) is 5.75 Å². The van der Waals surface area contributed by atoms with Crippen molar-refractivity contribution in [2.75, 3.05) is 6.61 Å². The molecule has 0 bridgehead atoms. The predicted octanol–water partition coefficient (Wildman–Crippen LogP) is 3.68. The Morgan fingerprint density at radius 3 is 2.48 bits per heavy atom. The van der Waals surface area contributed by atoms with Gasteiger partial charge in [-0.15, -0.1) is 12.4 Å². The molecule has 0 aliphatic heterocycles. The number of halogens is 3. The van der Waals surface area contributed by atoms with Crippen LogP contribution in [0.2, 0.25) is 5.02 Å². The minimum Gasteiger partial charge on any atom is -0.484 e. The van der Waals surface area contributed by atoms with Gasteiger partial charge in [0.1, 0.15) is 5.75 Å². The molecule has 0 radical (unpaired) electrons. The first-order chi connectivity index (χ1) is 10.5. The highest BCUT2D eigenvalue weighted by Crippen LogP contribution is 2.21. The third-order valence-corrected chi connectivity index (χ3v) is 3.81. The van der Waals surface area contributed by atoms with E-state index in [0.717, 1.165) is 20.6 Å². The maximum Gasteiger partial charge on any atom is 0.255 e. The predicted molar refractivity (Wildman–Crippen MR) is 98.1 cm³/mol. The van der Waals surface area contributed by atoms with Crippen molar-refractivity contribution in [1.29, 1.82) is 0 Å². The number of primary amides is 1. The number of rotatable bonds is 7. The Kier molecular flexibility index (Phi) is 8.41. The molecule has 1 amide bonds. The molecule has 0 aliphatic rings. The van der Waals surface area contributed by atoms with Gasteiger partial charge in [-0.1, -0.05) is 45.7 Å². The Hall–Kier alpha value is -1.27. The van der Waals surface area contributed by atoms with Crippen molar-refractivity contribution in [2.24, 2.45) is 5.73 Å². The summed E-state index contributed by atoms with van der Waals surface area (Å²) in [5.41, 5.74) is 7.18. The first kappa shape index (κ1) is 19.8. The fourth-order valence-electron chi connectivity index (χ4n) is 1.86. The summed E-state index contributed by atoms with van der Waals surface area (Å²) in [6, 6.07) is 13.3. The molecule has 2 rings (SSSR count). The van der Waals surface area contributed by atoms with Gasteiger partial charge in [0, 0.05) is 22.6 Å². The van der Waals surface area contributed by atoms with Crippen molar-refractivity contribution < 1.29 is 9.53 Å². The summed E-state index contributed by atoms with van der Waals surface area (Å²) in [5, 5.41) is 4.07. The van der Waals surface area contributed by atoms with E-state index < -0.39 is 5.91 Å². The van der Waals surface area contributed by atoms with Crippen molar-refractivity contribution >= 4 is 45.8 Å². The largest absolute Gasteiger partial charge is 0.484 e. The van der Waals surface area contributed by atoms with Gasteiger partial charge in [-0.2, -0.15) is 0 Å². The van der Waals surface area contributed by atoms with Gasteiger partial charge in [-0.3, -0.25) is 4.79 Å². The van der Waals surface area contributed by atoms with Crippen LogP contribution in [0.15, 0.2) is 46.9 Å². The van der Waals surface area contributed by atoms with Crippen LogP contribution in [0.5, 0.6) is 5.75 Å². The Morgan fingerprint density at radius 1 is 1.17 bits per heavy atom. The Bertz CT molecular complexity index is 651. The van der Waals surface area contributed by atoms with Gasteiger partial charge in [-0.25, -0.2) is 0 Å². The highest BCUT2D eigenvalue weighted by molar-refractivity contribution is 9.10. The normalized spacial score (nSPS) is 10.0. The molecule has 0 fully saturated rings. The van der Waals surface area contributed by atoms with Gasteiger partial charge in [0.15, 0.2) is 6.61 Å². The number of carbonyl (C=O) groups excluding carboxylic acids is 1. The molecule has 23 heavy (non-hydrogen) atoms. The molecule has 0 unspecified atom stereocenters. The zero-order valence-corrected chi connectivity index (χ0v) is 15.4. The second-order valence-electron chi connectivity index (χ2n) is 4.74. The summed E-state index contributed by atoms with van der Waals surface area (Å²) in [6.45, 7) is 1.29. The number of ether oxygens (including phenoxy) is 1. The lowest BCUT2D eigenvalue weighted by atomic mass is 10.2. The van der Waals surface area contributed by atoms with E-state index in [9.17, 15) is 4.79 Å². The standard InChI is InChI=1S/C16H16BrClN2O2.ClH/c17-13-4-3-12(15(18)7-13)9-20-8-11-1-5-14(6-2-11)22-10-16(19)21;/h1-7,20H,8-10H2,(H2,19,21);1H. The molecule has 0 aromatic heterocycles. The van der Waals surface area contributed by atoms with E-state index >= 15 is 0 Å². The third-order valence-electron chi connectivity index (χ3n) is 2.96. The first-order valence-electron chi connectivity index (χ1n) is 6.69. The third kappa shape index (κ3) is 6.79. The molecule has 2 aromatic carbocycles. The molecular weight excluding hydrogens is 403 g/mol. The summed E-state index contributed by atoms with van der Waals surface area (Å²) in [4.78, 5) is 10.6. The quantitative estimate of drug-likeness (QED) is 0.719. The van der Waals surface area contributed by atoms with E-state index in [1.807, 2.05) is 42.5 Å². The van der Waals surface area contributed by atoms with Crippen LogP contribution in [0.1, 0.15) is 11.1 Å². The summed E-state index contributed by atoms with van der Waals surface area (Å²) >= 11 is 9.55. The molecule has 7 heteroatoms. The van der Waals surface area contributed by atoms with Gasteiger partial charge in [0.2, 0.25) is 0 Å². The lowest BCUT2D eigenvalue weighted by Gasteiger charge is -2.08. The maximum atomic E-state index is 10.6. The fourth-order valence-corrected chi connectivity index (χ4v) is 2.60. The number of hydrogen-bond donors (Lipinski definition) is 2. The highest BCUT2D eigenvalue weighted by Gasteiger charge is 2.02. The second-order valence-corrected chi connectivity index (χ2v) is 6.06. The van der Waals surface area contributed by atoms with Gasteiger partial charge >= 0.3 is 0 Å². The molecule has 3 N–H and O–H groups in total. The molecule has 124 valence electrons. The van der Waals surface area contributed by atoms with Crippen LogP contribution in [0.3, 0.4) is 0 Å². The van der Waals surface area contributed by atoms with Crippen LogP contribution in [0, 0.1) is 0 Å². The second kappa shape index (κ2) is 9.78. The summed E-state index contributed by atoms with van der Waals surface area (Å²) in [6.07, 6.45) is 0. The van der Waals surface area contributed by atoms with E-state index in [1.165, 1.54) is 0 Å². The summed E-state index contributed by atoms with van der Waals surface area (Å²) in [5.74, 6) is 0.135. The van der Waals surface area contributed by atoms with E-state index in [0.29, 0.717) is 18.8 Å². The fraction of sp³-hybridized carbons (Fsp3) is 0.188. The average molecular weight is 420 g/mol. The molecular formula is C16H17BrCl2N2O2. The molecule has 0 saturated carbocycles. The zero-order chi connectivity index (χ0) is 15.9. The van der Waals surface area contributed by atoms with E-state index in [4.69, 9.17) is 22.1 Å². The molecule has 0 heterocycles. The lowest BCUT2D eigenvalue weighted by Crippen LogP contribution is -2.20. The molecule has 2 aromatic rings. The van der Waals surface area contributed by atoms with Crippen LogP contribution in [-0.4, -0.2) is 12.5 Å². The molecule has 0 spiro atoms. The van der Waals surface area contributed by atoms with Gasteiger partial charge in [-0.05, 0) is 35.4 Å². The number of hydrogen-bond acceptors (Lipinski definition) is 3. The minimum absolute atomic E-state index is 0. The summed E-state index contributed by atoms with van der Waals surface area (Å²) < 4.78 is 6.17. The molecule has 0 aliphatic carbocycles. The number of benzene rings is 2. The summed E-state index contributed by atoms with van der Waals surface area (Å²) in [7, 11) is 0. The Morgan fingerprint density at radius 2 is 1.87 bits per heavy atom. The minimum atomic E-state index is -0.489. The number of carbonyl (C=O) groups is 1.